The van der Waals surface area contributed by atoms with Crippen molar-refractivity contribution in [2.75, 3.05) is 7.11 Å². The van der Waals surface area contributed by atoms with Crippen molar-refractivity contribution in [3.8, 4) is 17.2 Å². The molecule has 0 aliphatic rings. The largest absolute Gasteiger partial charge is 0.465 e. The van der Waals surface area contributed by atoms with Gasteiger partial charge in [0, 0.05) is 0 Å². The quantitative estimate of drug-likeness (QED) is 0.325. The molecule has 30 heavy (non-hydrogen) atoms. The number of rotatable bonds is 5. The Bertz CT molecular complexity index is 1370. The number of hydrogen-bond acceptors (Lipinski definition) is 8. The van der Waals surface area contributed by atoms with Crippen LogP contribution in [0.2, 0.25) is 0 Å². The topological polar surface area (TPSA) is 95.7 Å². The summed E-state index contributed by atoms with van der Waals surface area (Å²) in [4.78, 5) is 16.1. The van der Waals surface area contributed by atoms with Crippen LogP contribution in [0.1, 0.15) is 20.8 Å². The summed E-state index contributed by atoms with van der Waals surface area (Å²) in [6.07, 6.45) is 0. The van der Waals surface area contributed by atoms with E-state index in [9.17, 15) is 13.2 Å². The lowest BCUT2D eigenvalue weighted by Crippen LogP contribution is -2.13. The van der Waals surface area contributed by atoms with Gasteiger partial charge in [-0.25, -0.2) is 9.78 Å². The maximum atomic E-state index is 12.9. The number of carbonyl (C=O) groups excluding carboxylic acids is 1. The van der Waals surface area contributed by atoms with Gasteiger partial charge in [0.05, 0.1) is 12.7 Å². The van der Waals surface area contributed by atoms with Crippen molar-refractivity contribution < 1.29 is 26.5 Å². The van der Waals surface area contributed by atoms with E-state index in [1.54, 1.807) is 18.2 Å². The van der Waals surface area contributed by atoms with Gasteiger partial charge in [0.25, 0.3) is 0 Å². The molecule has 0 unspecified atom stereocenters. The first-order chi connectivity index (χ1) is 14.3. The van der Waals surface area contributed by atoms with E-state index in [4.69, 9.17) is 8.60 Å². The van der Waals surface area contributed by atoms with Gasteiger partial charge in [0.1, 0.15) is 15.3 Å². The van der Waals surface area contributed by atoms with Crippen molar-refractivity contribution in [2.45, 2.75) is 18.7 Å². The highest BCUT2D eigenvalue weighted by Gasteiger charge is 2.28. The molecule has 0 atom stereocenters. The van der Waals surface area contributed by atoms with E-state index in [2.05, 4.69) is 9.72 Å². The molecular weight excluding hydrogens is 426 g/mol. The molecular formula is C21H17NO6S2. The van der Waals surface area contributed by atoms with Crippen LogP contribution in [-0.4, -0.2) is 26.5 Å². The van der Waals surface area contributed by atoms with Gasteiger partial charge in [-0.2, -0.15) is 8.42 Å². The number of fused-ring (bicyclic) bond motifs is 1. The molecule has 2 heterocycles. The third-order valence-corrected chi connectivity index (χ3v) is 6.76. The Hall–Kier alpha value is -3.17. The summed E-state index contributed by atoms with van der Waals surface area (Å²) < 4.78 is 41.8. The van der Waals surface area contributed by atoms with E-state index < -0.39 is 16.1 Å². The minimum atomic E-state index is -4.30. The first kappa shape index (κ1) is 20.1. The summed E-state index contributed by atoms with van der Waals surface area (Å²) in [6, 6.07) is 11.9. The summed E-state index contributed by atoms with van der Waals surface area (Å²) in [5.41, 5.74) is 3.48. The second-order valence-electron chi connectivity index (χ2n) is 6.58. The average molecular weight is 444 g/mol. The average Bonchev–Trinajstić information content (AvgIpc) is 3.37. The Morgan fingerprint density at radius 2 is 1.93 bits per heavy atom. The number of nitrogens with zero attached hydrogens (tertiary/aromatic N) is 1. The number of carbonyl (C=O) groups is 1. The maximum Gasteiger partial charge on any atom is 0.349 e. The van der Waals surface area contributed by atoms with Crippen LogP contribution in [0.5, 0.6) is 5.75 Å². The van der Waals surface area contributed by atoms with Crippen LogP contribution in [0.3, 0.4) is 0 Å². The highest BCUT2D eigenvalue weighted by atomic mass is 32.2. The highest BCUT2D eigenvalue weighted by Crippen LogP contribution is 2.36. The van der Waals surface area contributed by atoms with Crippen molar-refractivity contribution in [1.29, 1.82) is 0 Å². The first-order valence-corrected chi connectivity index (χ1v) is 11.2. The zero-order valence-corrected chi connectivity index (χ0v) is 18.0. The Morgan fingerprint density at radius 1 is 1.13 bits per heavy atom. The summed E-state index contributed by atoms with van der Waals surface area (Å²) in [5, 5.41) is 1.49. The molecule has 154 valence electrons. The van der Waals surface area contributed by atoms with Gasteiger partial charge >= 0.3 is 16.1 Å². The molecule has 4 rings (SSSR count). The van der Waals surface area contributed by atoms with Gasteiger partial charge in [-0.3, -0.25) is 0 Å². The lowest BCUT2D eigenvalue weighted by atomic mass is 10.1. The number of oxazole rings is 1. The fraction of sp³-hybridized carbons (Fsp3) is 0.143. The van der Waals surface area contributed by atoms with Gasteiger partial charge < -0.3 is 13.3 Å². The van der Waals surface area contributed by atoms with E-state index in [0.717, 1.165) is 22.5 Å². The predicted octanol–water partition coefficient (Wildman–Crippen LogP) is 4.73. The van der Waals surface area contributed by atoms with E-state index in [0.29, 0.717) is 16.7 Å². The molecule has 0 fully saturated rings. The molecule has 0 aliphatic heterocycles. The Labute approximate surface area is 177 Å². The minimum absolute atomic E-state index is 0.0480. The minimum Gasteiger partial charge on any atom is -0.465 e. The third-order valence-electron chi connectivity index (χ3n) is 4.45. The van der Waals surface area contributed by atoms with Gasteiger partial charge in [-0.05, 0) is 49.1 Å². The molecule has 4 aromatic rings. The number of para-hydroxylation sites is 1. The second-order valence-corrected chi connectivity index (χ2v) is 9.01. The molecule has 0 bridgehead atoms. The Morgan fingerprint density at radius 3 is 2.67 bits per heavy atom. The van der Waals surface area contributed by atoms with Crippen molar-refractivity contribution in [2.24, 2.45) is 0 Å². The van der Waals surface area contributed by atoms with Gasteiger partial charge in [0.2, 0.25) is 5.89 Å². The van der Waals surface area contributed by atoms with Crippen molar-refractivity contribution >= 4 is 38.5 Å². The fourth-order valence-electron chi connectivity index (χ4n) is 2.98. The van der Waals surface area contributed by atoms with Gasteiger partial charge in [0.15, 0.2) is 11.3 Å². The van der Waals surface area contributed by atoms with Crippen LogP contribution in [-0.2, 0) is 14.9 Å². The monoisotopic (exact) mass is 443 g/mol. The van der Waals surface area contributed by atoms with Crippen LogP contribution in [0.25, 0.3) is 22.6 Å². The molecule has 7 nitrogen and oxygen atoms in total. The van der Waals surface area contributed by atoms with E-state index in [1.807, 2.05) is 26.0 Å². The Kier molecular flexibility index (Phi) is 5.08. The molecule has 0 N–H and O–H groups in total. The summed E-state index contributed by atoms with van der Waals surface area (Å²) >= 11 is 0.963. The fourth-order valence-corrected chi connectivity index (χ4v) is 5.24. The van der Waals surface area contributed by atoms with Gasteiger partial charge in [-0.15, -0.1) is 11.3 Å². The SMILES string of the molecule is COC(=O)c1sccc1S(=O)(=O)Oc1ccc(C)cc1-c1nc2c(C)cccc2o1. The Balaban J connectivity index is 1.80. The van der Waals surface area contributed by atoms with Gasteiger partial charge in [-0.1, -0.05) is 23.8 Å². The van der Waals surface area contributed by atoms with E-state index >= 15 is 0 Å². The molecule has 0 saturated heterocycles. The van der Waals surface area contributed by atoms with Crippen LogP contribution in [0.4, 0.5) is 0 Å². The second kappa shape index (κ2) is 7.58. The maximum absolute atomic E-state index is 12.9. The molecule has 2 aromatic carbocycles. The molecule has 0 spiro atoms. The number of hydrogen-bond donors (Lipinski definition) is 0. The van der Waals surface area contributed by atoms with E-state index in [-0.39, 0.29) is 21.4 Å². The highest BCUT2D eigenvalue weighted by molar-refractivity contribution is 7.87. The molecule has 0 radical (unpaired) electrons. The van der Waals surface area contributed by atoms with Crippen molar-refractivity contribution in [3.63, 3.8) is 0 Å². The van der Waals surface area contributed by atoms with Crippen LogP contribution < -0.4 is 4.18 Å². The van der Waals surface area contributed by atoms with E-state index in [1.165, 1.54) is 24.6 Å². The number of thiophene rings is 1. The lowest BCUT2D eigenvalue weighted by molar-refractivity contribution is 0.0602. The zero-order valence-electron chi connectivity index (χ0n) is 16.3. The number of aromatic nitrogens is 1. The summed E-state index contributed by atoms with van der Waals surface area (Å²) in [6.45, 7) is 3.78. The molecule has 0 saturated carbocycles. The normalized spacial score (nSPS) is 11.6. The number of aryl methyl sites for hydroxylation is 2. The standard InChI is InChI=1S/C21H17NO6S2/c1-12-7-8-15(28-30(24,25)17-9-10-29-19(17)21(23)26-3)14(11-12)20-22-18-13(2)5-4-6-16(18)27-20/h4-11H,1-3H3. The van der Waals surface area contributed by atoms with Crippen LogP contribution >= 0.6 is 11.3 Å². The molecule has 2 aromatic heterocycles. The predicted molar refractivity (Wildman–Crippen MR) is 112 cm³/mol. The van der Waals surface area contributed by atoms with Crippen molar-refractivity contribution in [1.82, 2.24) is 4.98 Å². The zero-order chi connectivity index (χ0) is 21.5. The number of ether oxygens (including phenoxy) is 1. The lowest BCUT2D eigenvalue weighted by Gasteiger charge is -2.10. The number of methoxy groups -OCH3 is 1. The van der Waals surface area contributed by atoms with Crippen molar-refractivity contribution in [3.05, 3.63) is 63.8 Å². The van der Waals surface area contributed by atoms with Crippen LogP contribution in [0.15, 0.2) is 57.2 Å². The molecule has 0 amide bonds. The third kappa shape index (κ3) is 3.57. The smallest absolute Gasteiger partial charge is 0.349 e. The van der Waals surface area contributed by atoms with Crippen LogP contribution in [0, 0.1) is 13.8 Å². The summed E-state index contributed by atoms with van der Waals surface area (Å²) in [5.74, 6) is -0.454. The molecule has 0 aliphatic carbocycles. The number of benzene rings is 2. The summed E-state index contributed by atoms with van der Waals surface area (Å²) in [7, 11) is -3.11. The molecule has 9 heteroatoms. The first-order valence-electron chi connectivity index (χ1n) is 8.87. The number of esters is 1.